The van der Waals surface area contributed by atoms with E-state index in [9.17, 15) is 10.4 Å². The van der Waals surface area contributed by atoms with Gasteiger partial charge in [0.05, 0.1) is 17.1 Å². The molecular weight excluding hydrogens is 246 g/mol. The van der Waals surface area contributed by atoms with Crippen LogP contribution in [0.25, 0.3) is 0 Å². The van der Waals surface area contributed by atoms with Gasteiger partial charge in [-0.05, 0) is 55.8 Å². The van der Waals surface area contributed by atoms with E-state index in [1.165, 1.54) is 6.42 Å². The molecule has 20 heavy (non-hydrogen) atoms. The lowest BCUT2D eigenvalue weighted by Crippen LogP contribution is -2.58. The van der Waals surface area contributed by atoms with Gasteiger partial charge < -0.3 is 5.11 Å². The summed E-state index contributed by atoms with van der Waals surface area (Å²) >= 11 is 0. The monoisotopic (exact) mass is 277 g/mol. The Kier molecular flexibility index (Phi) is 4.22. The van der Waals surface area contributed by atoms with E-state index in [2.05, 4.69) is 33.8 Å². The smallest absolute Gasteiger partial charge is 0.0866 e. The van der Waals surface area contributed by atoms with Crippen molar-refractivity contribution in [2.24, 2.45) is 22.7 Å². The van der Waals surface area contributed by atoms with Gasteiger partial charge >= 0.3 is 0 Å². The molecule has 2 unspecified atom stereocenters. The summed E-state index contributed by atoms with van der Waals surface area (Å²) in [5.41, 5.74) is -1.21. The fraction of sp³-hybridized carbons (Fsp3) is 0.944. The quantitative estimate of drug-likeness (QED) is 0.756. The summed E-state index contributed by atoms with van der Waals surface area (Å²) in [6, 6.07) is 2.60. The second kappa shape index (κ2) is 5.34. The molecule has 2 nitrogen and oxygen atoms in total. The van der Waals surface area contributed by atoms with Gasteiger partial charge in [-0.15, -0.1) is 0 Å². The van der Waals surface area contributed by atoms with Crippen molar-refractivity contribution >= 4 is 0 Å². The molecule has 2 rings (SSSR count). The molecule has 0 bridgehead atoms. The number of nitrogens with zero attached hydrogens (tertiary/aromatic N) is 1. The highest BCUT2D eigenvalue weighted by Crippen LogP contribution is 2.57. The minimum absolute atomic E-state index is 0.0715. The highest BCUT2D eigenvalue weighted by Gasteiger charge is 2.58. The summed E-state index contributed by atoms with van der Waals surface area (Å²) in [6.07, 6.45) is 8.10. The number of rotatable bonds is 1. The normalized spacial score (nSPS) is 43.0. The average molecular weight is 277 g/mol. The van der Waals surface area contributed by atoms with Crippen LogP contribution in [0.3, 0.4) is 0 Å². The summed E-state index contributed by atoms with van der Waals surface area (Å²) in [5, 5.41) is 21.5. The van der Waals surface area contributed by atoms with Crippen molar-refractivity contribution in [3.63, 3.8) is 0 Å². The largest absolute Gasteiger partial charge is 0.388 e. The summed E-state index contributed by atoms with van der Waals surface area (Å²) in [5.74, 6) is 0.952. The lowest BCUT2D eigenvalue weighted by molar-refractivity contribution is -0.166. The van der Waals surface area contributed by atoms with Crippen LogP contribution in [0.4, 0.5) is 0 Å². The third kappa shape index (κ3) is 2.50. The van der Waals surface area contributed by atoms with E-state index in [1.54, 1.807) is 0 Å². The summed E-state index contributed by atoms with van der Waals surface area (Å²) < 4.78 is 0. The fourth-order valence-electron chi connectivity index (χ4n) is 4.77. The van der Waals surface area contributed by atoms with Gasteiger partial charge in [0.2, 0.25) is 0 Å². The molecule has 0 radical (unpaired) electrons. The molecule has 0 aromatic rings. The topological polar surface area (TPSA) is 44.0 Å². The number of hydrogen-bond acceptors (Lipinski definition) is 2. The lowest BCUT2D eigenvalue weighted by atomic mass is 9.51. The van der Waals surface area contributed by atoms with Crippen molar-refractivity contribution in [1.29, 1.82) is 5.26 Å². The Balaban J connectivity index is 2.36. The first-order chi connectivity index (χ1) is 9.25. The predicted molar refractivity (Wildman–Crippen MR) is 82.0 cm³/mol. The summed E-state index contributed by atoms with van der Waals surface area (Å²) in [4.78, 5) is 0. The van der Waals surface area contributed by atoms with Crippen LogP contribution >= 0.6 is 0 Å². The van der Waals surface area contributed by atoms with E-state index in [-0.39, 0.29) is 11.3 Å². The van der Waals surface area contributed by atoms with Crippen LogP contribution in [0.15, 0.2) is 0 Å². The Morgan fingerprint density at radius 3 is 2.15 bits per heavy atom. The molecule has 2 heteroatoms. The Bertz CT molecular complexity index is 381. The number of nitriles is 1. The molecule has 2 aliphatic carbocycles. The zero-order valence-electron chi connectivity index (χ0n) is 13.7. The van der Waals surface area contributed by atoms with Crippen LogP contribution in [0.1, 0.15) is 79.1 Å². The van der Waals surface area contributed by atoms with Crippen LogP contribution in [0, 0.1) is 34.0 Å². The molecule has 0 saturated heterocycles. The van der Waals surface area contributed by atoms with Crippen LogP contribution in [0.2, 0.25) is 0 Å². The third-order valence-corrected chi connectivity index (χ3v) is 6.09. The molecule has 2 fully saturated rings. The first-order valence-electron chi connectivity index (χ1n) is 8.39. The number of hydrogen-bond donors (Lipinski definition) is 1. The fourth-order valence-corrected chi connectivity index (χ4v) is 4.77. The minimum Gasteiger partial charge on any atom is -0.388 e. The zero-order valence-corrected chi connectivity index (χ0v) is 13.7. The van der Waals surface area contributed by atoms with Crippen molar-refractivity contribution in [2.75, 3.05) is 0 Å². The Hall–Kier alpha value is -0.550. The summed E-state index contributed by atoms with van der Waals surface area (Å²) in [6.45, 7) is 8.95. The van der Waals surface area contributed by atoms with E-state index < -0.39 is 11.0 Å². The van der Waals surface area contributed by atoms with Crippen LogP contribution in [0.5, 0.6) is 0 Å². The first kappa shape index (κ1) is 15.8. The zero-order chi connectivity index (χ0) is 15.0. The second-order valence-corrected chi connectivity index (χ2v) is 8.47. The van der Waals surface area contributed by atoms with Crippen molar-refractivity contribution in [1.82, 2.24) is 0 Å². The van der Waals surface area contributed by atoms with E-state index in [4.69, 9.17) is 0 Å². The molecule has 2 saturated carbocycles. The second-order valence-electron chi connectivity index (χ2n) is 8.47. The van der Waals surface area contributed by atoms with Crippen LogP contribution in [-0.4, -0.2) is 10.7 Å². The van der Waals surface area contributed by atoms with Crippen molar-refractivity contribution in [3.05, 3.63) is 0 Å². The Morgan fingerprint density at radius 1 is 1.05 bits per heavy atom. The van der Waals surface area contributed by atoms with Gasteiger partial charge in [0.15, 0.2) is 0 Å². The van der Waals surface area contributed by atoms with Gasteiger partial charge in [-0.2, -0.15) is 5.26 Å². The van der Waals surface area contributed by atoms with Crippen LogP contribution in [-0.2, 0) is 0 Å². The standard InChI is InChI=1S/C18H31NO/c1-14-8-11-17(13-19,12-9-14)18(20)10-6-5-7-15(18)16(2,3)4/h14-15,20H,5-12H2,1-4H3. The predicted octanol–water partition coefficient (Wildman–Crippen LogP) is 4.67. The highest BCUT2D eigenvalue weighted by atomic mass is 16.3. The molecule has 0 aromatic carbocycles. The van der Waals surface area contributed by atoms with Crippen molar-refractivity contribution < 1.29 is 5.11 Å². The minimum atomic E-state index is -0.779. The molecule has 2 atom stereocenters. The summed E-state index contributed by atoms with van der Waals surface area (Å²) in [7, 11) is 0. The molecule has 0 aromatic heterocycles. The lowest BCUT2D eigenvalue weighted by Gasteiger charge is -2.55. The molecule has 0 spiro atoms. The maximum atomic E-state index is 11.6. The molecule has 114 valence electrons. The third-order valence-electron chi connectivity index (χ3n) is 6.09. The molecule has 2 aliphatic rings. The SMILES string of the molecule is CC1CCC(C#N)(C2(O)CCCCC2C(C)(C)C)CC1. The molecule has 0 heterocycles. The molecule has 0 aliphatic heterocycles. The van der Waals surface area contributed by atoms with E-state index in [0.717, 1.165) is 44.9 Å². The van der Waals surface area contributed by atoms with Gasteiger partial charge in [-0.25, -0.2) is 0 Å². The van der Waals surface area contributed by atoms with Gasteiger partial charge in [0, 0.05) is 0 Å². The van der Waals surface area contributed by atoms with E-state index in [0.29, 0.717) is 5.92 Å². The van der Waals surface area contributed by atoms with Crippen molar-refractivity contribution in [3.8, 4) is 6.07 Å². The maximum absolute atomic E-state index is 11.6. The van der Waals surface area contributed by atoms with Crippen molar-refractivity contribution in [2.45, 2.75) is 84.7 Å². The van der Waals surface area contributed by atoms with E-state index >= 15 is 0 Å². The Morgan fingerprint density at radius 2 is 1.65 bits per heavy atom. The van der Waals surface area contributed by atoms with E-state index in [1.807, 2.05) is 0 Å². The maximum Gasteiger partial charge on any atom is 0.0866 e. The average Bonchev–Trinajstić information content (AvgIpc) is 2.39. The van der Waals surface area contributed by atoms with Crippen LogP contribution < -0.4 is 0 Å². The highest BCUT2D eigenvalue weighted by molar-refractivity contribution is 5.17. The Labute approximate surface area is 124 Å². The molecule has 1 N–H and O–H groups in total. The molecular formula is C18H31NO. The number of aliphatic hydroxyl groups is 1. The molecule has 0 amide bonds. The van der Waals surface area contributed by atoms with Gasteiger partial charge in [0.25, 0.3) is 0 Å². The van der Waals surface area contributed by atoms with Gasteiger partial charge in [-0.1, -0.05) is 40.5 Å². The van der Waals surface area contributed by atoms with Gasteiger partial charge in [0.1, 0.15) is 0 Å². The first-order valence-corrected chi connectivity index (χ1v) is 8.39. The van der Waals surface area contributed by atoms with Gasteiger partial charge in [-0.3, -0.25) is 0 Å².